The second-order valence-electron chi connectivity index (χ2n) is 5.38. The Morgan fingerprint density at radius 3 is 2.00 bits per heavy atom. The summed E-state index contributed by atoms with van der Waals surface area (Å²) in [6, 6.07) is 0. The predicted octanol–water partition coefficient (Wildman–Crippen LogP) is 4.29. The van der Waals surface area contributed by atoms with Gasteiger partial charge in [-0.1, -0.05) is 31.8 Å². The van der Waals surface area contributed by atoms with E-state index in [1.165, 1.54) is 44.9 Å². The van der Waals surface area contributed by atoms with Crippen molar-refractivity contribution in [2.24, 2.45) is 0 Å². The summed E-state index contributed by atoms with van der Waals surface area (Å²) in [6.45, 7) is 11.6. The Kier molecular flexibility index (Phi) is 8.79. The summed E-state index contributed by atoms with van der Waals surface area (Å²) in [4.78, 5) is 0. The van der Waals surface area contributed by atoms with Crippen molar-refractivity contribution in [3.8, 4) is 0 Å². The third-order valence-corrected chi connectivity index (χ3v) is 2.49. The van der Waals surface area contributed by atoms with Crippen LogP contribution < -0.4 is 5.32 Å². The summed E-state index contributed by atoms with van der Waals surface area (Å²) < 4.78 is 0. The monoisotopic (exact) mass is 211 g/mol. The fourth-order valence-corrected chi connectivity index (χ4v) is 1.58. The van der Waals surface area contributed by atoms with Gasteiger partial charge in [0.1, 0.15) is 0 Å². The first-order chi connectivity index (χ1) is 7.06. The van der Waals surface area contributed by atoms with Crippen LogP contribution in [-0.4, -0.2) is 12.1 Å². The van der Waals surface area contributed by atoms with E-state index >= 15 is 0 Å². The van der Waals surface area contributed by atoms with Crippen molar-refractivity contribution in [1.82, 2.24) is 5.32 Å². The lowest BCUT2D eigenvalue weighted by atomic mass is 10.1. The zero-order valence-electron chi connectivity index (χ0n) is 10.9. The van der Waals surface area contributed by atoms with E-state index in [0.29, 0.717) is 0 Å². The van der Waals surface area contributed by atoms with Crippen LogP contribution in [-0.2, 0) is 0 Å². The molecule has 0 aromatic heterocycles. The van der Waals surface area contributed by atoms with Crippen LogP contribution in [0, 0.1) is 0 Å². The summed E-state index contributed by atoms with van der Waals surface area (Å²) in [5.74, 6) is 0. The quantitative estimate of drug-likeness (QED) is 0.443. The van der Waals surface area contributed by atoms with Gasteiger partial charge in [0.25, 0.3) is 0 Å². The van der Waals surface area contributed by atoms with E-state index in [-0.39, 0.29) is 5.54 Å². The maximum absolute atomic E-state index is 3.73. The molecule has 1 nitrogen and oxygen atoms in total. The number of unbranched alkanes of at least 4 members (excludes halogenated alkanes) is 6. The van der Waals surface area contributed by atoms with Gasteiger partial charge in [0.15, 0.2) is 0 Å². The molecule has 0 rings (SSSR count). The van der Waals surface area contributed by atoms with Crippen molar-refractivity contribution in [2.75, 3.05) is 6.54 Å². The maximum atomic E-state index is 3.73. The standard InChI is InChI=1S/C14H29N/c1-5-6-7-8-9-10-11-12-13-15-14(2,3)4/h5,15H,1,6-13H2,2-4H3. The second-order valence-corrected chi connectivity index (χ2v) is 5.38. The molecule has 0 spiro atoms. The third kappa shape index (κ3) is 13.7. The van der Waals surface area contributed by atoms with E-state index < -0.39 is 0 Å². The van der Waals surface area contributed by atoms with Crippen LogP contribution in [0.1, 0.15) is 65.7 Å². The van der Waals surface area contributed by atoms with Crippen molar-refractivity contribution in [3.63, 3.8) is 0 Å². The number of allylic oxidation sites excluding steroid dienone is 1. The number of nitrogens with one attached hydrogen (secondary N) is 1. The predicted molar refractivity (Wildman–Crippen MR) is 70.3 cm³/mol. The Hall–Kier alpha value is -0.300. The largest absolute Gasteiger partial charge is 0.312 e. The molecule has 0 aliphatic rings. The summed E-state index contributed by atoms with van der Waals surface area (Å²) in [6.07, 6.45) is 11.4. The molecule has 0 saturated carbocycles. The molecule has 0 amide bonds. The summed E-state index contributed by atoms with van der Waals surface area (Å²) >= 11 is 0. The maximum Gasteiger partial charge on any atom is 0.00965 e. The molecule has 0 aromatic rings. The molecule has 0 heterocycles. The zero-order valence-corrected chi connectivity index (χ0v) is 10.9. The normalized spacial score (nSPS) is 11.7. The van der Waals surface area contributed by atoms with Crippen LogP contribution >= 0.6 is 0 Å². The molecule has 90 valence electrons. The second kappa shape index (κ2) is 8.96. The highest BCUT2D eigenvalue weighted by molar-refractivity contribution is 4.69. The van der Waals surface area contributed by atoms with Crippen LogP contribution in [0.3, 0.4) is 0 Å². The van der Waals surface area contributed by atoms with Gasteiger partial charge in [-0.25, -0.2) is 0 Å². The molecule has 0 aliphatic carbocycles. The molecule has 15 heavy (non-hydrogen) atoms. The summed E-state index contributed by atoms with van der Waals surface area (Å²) in [5, 5.41) is 3.52. The van der Waals surface area contributed by atoms with Gasteiger partial charge in [0, 0.05) is 5.54 Å². The molecule has 0 saturated heterocycles. The molecule has 1 heteroatoms. The highest BCUT2D eigenvalue weighted by Crippen LogP contribution is 2.07. The summed E-state index contributed by atoms with van der Waals surface area (Å²) in [5.41, 5.74) is 0.282. The molecule has 0 aliphatic heterocycles. The van der Waals surface area contributed by atoms with Crippen molar-refractivity contribution < 1.29 is 0 Å². The van der Waals surface area contributed by atoms with Crippen LogP contribution in [0.4, 0.5) is 0 Å². The molecule has 0 aromatic carbocycles. The minimum absolute atomic E-state index is 0.282. The van der Waals surface area contributed by atoms with Gasteiger partial charge in [-0.05, 0) is 46.6 Å². The first-order valence-corrected chi connectivity index (χ1v) is 6.42. The smallest absolute Gasteiger partial charge is 0.00965 e. The lowest BCUT2D eigenvalue weighted by Gasteiger charge is -2.20. The van der Waals surface area contributed by atoms with Crippen molar-refractivity contribution in [2.45, 2.75) is 71.3 Å². The Morgan fingerprint density at radius 1 is 0.933 bits per heavy atom. The molecule has 0 bridgehead atoms. The fraction of sp³-hybridized carbons (Fsp3) is 0.857. The summed E-state index contributed by atoms with van der Waals surface area (Å²) in [7, 11) is 0. The number of hydrogen-bond acceptors (Lipinski definition) is 1. The molecule has 0 radical (unpaired) electrons. The van der Waals surface area contributed by atoms with E-state index in [2.05, 4.69) is 32.7 Å². The van der Waals surface area contributed by atoms with Crippen LogP contribution in [0.2, 0.25) is 0 Å². The van der Waals surface area contributed by atoms with Crippen molar-refractivity contribution in [1.29, 1.82) is 0 Å². The fourth-order valence-electron chi connectivity index (χ4n) is 1.58. The molecule has 0 fully saturated rings. The van der Waals surface area contributed by atoms with Gasteiger partial charge in [-0.2, -0.15) is 0 Å². The minimum Gasteiger partial charge on any atom is -0.312 e. The van der Waals surface area contributed by atoms with E-state index in [1.807, 2.05) is 6.08 Å². The highest BCUT2D eigenvalue weighted by Gasteiger charge is 2.06. The van der Waals surface area contributed by atoms with Gasteiger partial charge in [-0.3, -0.25) is 0 Å². The van der Waals surface area contributed by atoms with Gasteiger partial charge < -0.3 is 5.32 Å². The Bertz CT molecular complexity index is 144. The van der Waals surface area contributed by atoms with Gasteiger partial charge in [-0.15, -0.1) is 6.58 Å². The van der Waals surface area contributed by atoms with E-state index in [1.54, 1.807) is 0 Å². The van der Waals surface area contributed by atoms with Crippen LogP contribution in [0.25, 0.3) is 0 Å². The zero-order chi connectivity index (χ0) is 11.6. The third-order valence-electron chi connectivity index (χ3n) is 2.49. The molecule has 1 N–H and O–H groups in total. The number of hydrogen-bond donors (Lipinski definition) is 1. The van der Waals surface area contributed by atoms with Gasteiger partial charge in [0.2, 0.25) is 0 Å². The van der Waals surface area contributed by atoms with E-state index in [4.69, 9.17) is 0 Å². The van der Waals surface area contributed by atoms with Crippen molar-refractivity contribution in [3.05, 3.63) is 12.7 Å². The minimum atomic E-state index is 0.282. The first-order valence-electron chi connectivity index (χ1n) is 6.42. The lowest BCUT2D eigenvalue weighted by molar-refractivity contribution is 0.415. The van der Waals surface area contributed by atoms with E-state index in [9.17, 15) is 0 Å². The first kappa shape index (κ1) is 14.7. The topological polar surface area (TPSA) is 12.0 Å². The Morgan fingerprint density at radius 2 is 1.47 bits per heavy atom. The average molecular weight is 211 g/mol. The Labute approximate surface area is 96.3 Å². The SMILES string of the molecule is C=CCCCCCCCCNC(C)(C)C. The van der Waals surface area contributed by atoms with Crippen LogP contribution in [0.15, 0.2) is 12.7 Å². The van der Waals surface area contributed by atoms with Crippen LogP contribution in [0.5, 0.6) is 0 Å². The Balaban J connectivity index is 3.02. The molecular formula is C14H29N. The lowest BCUT2D eigenvalue weighted by Crippen LogP contribution is -2.36. The van der Waals surface area contributed by atoms with Gasteiger partial charge >= 0.3 is 0 Å². The van der Waals surface area contributed by atoms with E-state index in [0.717, 1.165) is 6.54 Å². The molecular weight excluding hydrogens is 182 g/mol. The number of rotatable bonds is 9. The molecule has 0 atom stereocenters. The molecule has 0 unspecified atom stereocenters. The average Bonchev–Trinajstić information content (AvgIpc) is 2.14. The van der Waals surface area contributed by atoms with Gasteiger partial charge in [0.05, 0.1) is 0 Å². The van der Waals surface area contributed by atoms with Crippen molar-refractivity contribution >= 4 is 0 Å². The highest BCUT2D eigenvalue weighted by atomic mass is 14.9.